The lowest BCUT2D eigenvalue weighted by Crippen LogP contribution is -2.34. The number of hydrogen-bond acceptors (Lipinski definition) is 5. The van der Waals surface area contributed by atoms with Crippen LogP contribution in [0.25, 0.3) is 0 Å². The fourth-order valence-corrected chi connectivity index (χ4v) is 3.59. The molecule has 1 aliphatic heterocycles. The van der Waals surface area contributed by atoms with Gasteiger partial charge < -0.3 is 15.3 Å². The highest BCUT2D eigenvalue weighted by Gasteiger charge is 2.19. The van der Waals surface area contributed by atoms with E-state index in [-0.39, 0.29) is 0 Å². The average molecular weight is 383 g/mol. The van der Waals surface area contributed by atoms with Gasteiger partial charge >= 0.3 is 0 Å². The van der Waals surface area contributed by atoms with Gasteiger partial charge in [0.25, 0.3) is 0 Å². The van der Waals surface area contributed by atoms with Crippen molar-refractivity contribution < 1.29 is 5.11 Å². The van der Waals surface area contributed by atoms with Crippen molar-refractivity contribution in [2.24, 2.45) is 5.92 Å². The summed E-state index contributed by atoms with van der Waals surface area (Å²) in [6, 6.07) is 13.2. The average Bonchev–Trinajstić information content (AvgIpc) is 2.73. The van der Waals surface area contributed by atoms with Crippen LogP contribution in [0.2, 0.25) is 0 Å². The summed E-state index contributed by atoms with van der Waals surface area (Å²) in [7, 11) is 2.07. The van der Waals surface area contributed by atoms with Gasteiger partial charge in [0, 0.05) is 44.7 Å². The largest absolute Gasteiger partial charge is 0.396 e. The Bertz CT molecular complexity index is 724. The third-order valence-corrected chi connectivity index (χ3v) is 5.80. The van der Waals surface area contributed by atoms with Gasteiger partial charge in [-0.15, -0.1) is 0 Å². The van der Waals surface area contributed by atoms with Gasteiger partial charge in [-0.05, 0) is 69.0 Å². The normalized spacial score (nSPS) is 15.8. The van der Waals surface area contributed by atoms with Gasteiger partial charge in [0.15, 0.2) is 0 Å². The minimum atomic E-state index is 0.325. The molecule has 1 fully saturated rings. The molecule has 1 saturated heterocycles. The number of aliphatic hydroxyl groups excluding tert-OH is 1. The number of likely N-dealkylation sites (tertiary alicyclic amines) is 1. The van der Waals surface area contributed by atoms with Crippen LogP contribution in [0, 0.1) is 5.92 Å². The van der Waals surface area contributed by atoms with E-state index in [0.29, 0.717) is 18.6 Å². The Morgan fingerprint density at radius 3 is 2.57 bits per heavy atom. The number of aliphatic hydroxyl groups is 1. The van der Waals surface area contributed by atoms with Crippen LogP contribution in [0.1, 0.15) is 37.8 Å². The number of rotatable bonds is 8. The third-order valence-electron chi connectivity index (χ3n) is 5.80. The number of aromatic nitrogens is 1. The maximum atomic E-state index is 9.33. The summed E-state index contributed by atoms with van der Waals surface area (Å²) in [4.78, 5) is 9.26. The zero-order valence-electron chi connectivity index (χ0n) is 17.4. The van der Waals surface area contributed by atoms with E-state index in [0.717, 1.165) is 44.8 Å². The first-order chi connectivity index (χ1) is 13.6. The standard InChI is InChI=1S/C23H34N4O/c1-18(2)26(3)23-9-8-20(15-25-23)14-24-22-7-5-4-6-21(22)16-27-12-10-19(17-28)11-13-27/h4-9,15,18-19,24,28H,10-14,16-17H2,1-3H3. The smallest absolute Gasteiger partial charge is 0.128 e. The molecule has 0 aliphatic carbocycles. The van der Waals surface area contributed by atoms with Crippen molar-refractivity contribution in [3.63, 3.8) is 0 Å². The first-order valence-corrected chi connectivity index (χ1v) is 10.4. The second-order valence-corrected chi connectivity index (χ2v) is 8.14. The molecule has 28 heavy (non-hydrogen) atoms. The molecule has 2 aromatic rings. The lowest BCUT2D eigenvalue weighted by atomic mass is 9.97. The van der Waals surface area contributed by atoms with Gasteiger partial charge in [-0.25, -0.2) is 4.98 Å². The summed E-state index contributed by atoms with van der Waals surface area (Å²) in [5, 5.41) is 12.9. The van der Waals surface area contributed by atoms with Crippen molar-refractivity contribution in [2.45, 2.75) is 45.8 Å². The van der Waals surface area contributed by atoms with Gasteiger partial charge in [0.1, 0.15) is 5.82 Å². The molecule has 0 radical (unpaired) electrons. The van der Waals surface area contributed by atoms with Crippen LogP contribution >= 0.6 is 0 Å². The number of piperidine rings is 1. The second kappa shape index (κ2) is 9.89. The third kappa shape index (κ3) is 5.46. The molecule has 0 atom stereocenters. The highest BCUT2D eigenvalue weighted by atomic mass is 16.3. The Hall–Kier alpha value is -2.11. The van der Waals surface area contributed by atoms with Crippen LogP contribution in [0.3, 0.4) is 0 Å². The van der Waals surface area contributed by atoms with Crippen LogP contribution in [-0.4, -0.2) is 47.8 Å². The fraction of sp³-hybridized carbons (Fsp3) is 0.522. The molecule has 1 aromatic heterocycles. The number of anilines is 2. The molecule has 0 saturated carbocycles. The Labute approximate surface area is 169 Å². The molecule has 5 heteroatoms. The number of pyridine rings is 1. The van der Waals surface area contributed by atoms with Gasteiger partial charge in [-0.3, -0.25) is 4.90 Å². The van der Waals surface area contributed by atoms with Gasteiger partial charge in [-0.1, -0.05) is 24.3 Å². The van der Waals surface area contributed by atoms with E-state index in [9.17, 15) is 5.11 Å². The molecule has 1 aromatic carbocycles. The molecule has 2 heterocycles. The number of benzene rings is 1. The minimum Gasteiger partial charge on any atom is -0.396 e. The summed E-state index contributed by atoms with van der Waals surface area (Å²) in [6.45, 7) is 8.51. The topological polar surface area (TPSA) is 51.6 Å². The van der Waals surface area contributed by atoms with Crippen molar-refractivity contribution >= 4 is 11.5 Å². The van der Waals surface area contributed by atoms with Gasteiger partial charge in [0.2, 0.25) is 0 Å². The lowest BCUT2D eigenvalue weighted by molar-refractivity contribution is 0.127. The predicted octanol–water partition coefficient (Wildman–Crippen LogP) is 3.74. The zero-order valence-corrected chi connectivity index (χ0v) is 17.4. The zero-order chi connectivity index (χ0) is 19.9. The maximum Gasteiger partial charge on any atom is 0.128 e. The molecular weight excluding hydrogens is 348 g/mol. The molecular formula is C23H34N4O. The number of nitrogens with one attached hydrogen (secondary N) is 1. The van der Waals surface area contributed by atoms with E-state index in [1.54, 1.807) is 0 Å². The van der Waals surface area contributed by atoms with Gasteiger partial charge in [-0.2, -0.15) is 0 Å². The Balaban J connectivity index is 1.58. The number of nitrogens with zero attached hydrogens (tertiary/aromatic N) is 3. The molecule has 152 valence electrons. The molecule has 0 spiro atoms. The summed E-state index contributed by atoms with van der Waals surface area (Å²) in [6.07, 6.45) is 4.15. The van der Waals surface area contributed by atoms with Crippen molar-refractivity contribution in [1.29, 1.82) is 0 Å². The lowest BCUT2D eigenvalue weighted by Gasteiger charge is -2.31. The second-order valence-electron chi connectivity index (χ2n) is 8.14. The van der Waals surface area contributed by atoms with Crippen molar-refractivity contribution in [1.82, 2.24) is 9.88 Å². The first kappa shape index (κ1) is 20.6. The quantitative estimate of drug-likeness (QED) is 0.728. The van der Waals surface area contributed by atoms with Crippen LogP contribution < -0.4 is 10.2 Å². The maximum absolute atomic E-state index is 9.33. The monoisotopic (exact) mass is 382 g/mol. The van der Waals surface area contributed by atoms with E-state index in [2.05, 4.69) is 77.4 Å². The van der Waals surface area contributed by atoms with E-state index < -0.39 is 0 Å². The highest BCUT2D eigenvalue weighted by Crippen LogP contribution is 2.23. The first-order valence-electron chi connectivity index (χ1n) is 10.4. The van der Waals surface area contributed by atoms with Crippen LogP contribution in [0.4, 0.5) is 11.5 Å². The van der Waals surface area contributed by atoms with Crippen LogP contribution in [0.15, 0.2) is 42.6 Å². The highest BCUT2D eigenvalue weighted by molar-refractivity contribution is 5.51. The van der Waals surface area contributed by atoms with Crippen molar-refractivity contribution in [2.75, 3.05) is 37.0 Å². The van der Waals surface area contributed by atoms with Gasteiger partial charge in [0.05, 0.1) is 0 Å². The molecule has 0 amide bonds. The Morgan fingerprint density at radius 2 is 1.93 bits per heavy atom. The number of para-hydroxylation sites is 1. The summed E-state index contributed by atoms with van der Waals surface area (Å²) >= 11 is 0. The molecule has 1 aliphatic rings. The molecule has 3 rings (SSSR count). The van der Waals surface area contributed by atoms with E-state index in [1.165, 1.54) is 16.8 Å². The summed E-state index contributed by atoms with van der Waals surface area (Å²) in [5.41, 5.74) is 3.70. The SMILES string of the molecule is CC(C)N(C)c1ccc(CNc2ccccc2CN2CCC(CO)CC2)cn1. The van der Waals surface area contributed by atoms with E-state index in [1.807, 2.05) is 6.20 Å². The molecule has 2 N–H and O–H groups in total. The Kier molecular flexibility index (Phi) is 7.29. The van der Waals surface area contributed by atoms with Crippen LogP contribution in [-0.2, 0) is 13.1 Å². The summed E-state index contributed by atoms with van der Waals surface area (Å²) in [5.74, 6) is 1.49. The van der Waals surface area contributed by atoms with E-state index >= 15 is 0 Å². The Morgan fingerprint density at radius 1 is 1.18 bits per heavy atom. The van der Waals surface area contributed by atoms with E-state index in [4.69, 9.17) is 0 Å². The van der Waals surface area contributed by atoms with Crippen molar-refractivity contribution in [3.05, 3.63) is 53.7 Å². The van der Waals surface area contributed by atoms with Crippen LogP contribution in [0.5, 0.6) is 0 Å². The van der Waals surface area contributed by atoms with Crippen molar-refractivity contribution in [3.8, 4) is 0 Å². The molecule has 0 unspecified atom stereocenters. The summed E-state index contributed by atoms with van der Waals surface area (Å²) < 4.78 is 0. The number of hydrogen-bond donors (Lipinski definition) is 2. The molecule has 5 nitrogen and oxygen atoms in total. The fourth-order valence-electron chi connectivity index (χ4n) is 3.59. The molecule has 0 bridgehead atoms. The predicted molar refractivity (Wildman–Crippen MR) is 117 cm³/mol. The minimum absolute atomic E-state index is 0.325.